The number of benzene rings is 2. The van der Waals surface area contributed by atoms with Crippen molar-refractivity contribution in [2.45, 2.75) is 19.1 Å². The summed E-state index contributed by atoms with van der Waals surface area (Å²) >= 11 is 0. The van der Waals surface area contributed by atoms with Gasteiger partial charge >= 0.3 is 0 Å². The Morgan fingerprint density at radius 1 is 1.10 bits per heavy atom. The Morgan fingerprint density at radius 2 is 1.76 bits per heavy atom. The van der Waals surface area contributed by atoms with Crippen molar-refractivity contribution in [2.24, 2.45) is 5.73 Å². The molecule has 0 aromatic heterocycles. The lowest BCUT2D eigenvalue weighted by atomic mass is 9.94. The van der Waals surface area contributed by atoms with Gasteiger partial charge in [0.15, 0.2) is 5.78 Å². The molecule has 21 heavy (non-hydrogen) atoms. The lowest BCUT2D eigenvalue weighted by molar-refractivity contribution is 0.0959. The molecule has 5 heteroatoms. The van der Waals surface area contributed by atoms with Gasteiger partial charge in [-0.05, 0) is 23.6 Å². The number of aliphatic hydroxyl groups excluding tert-OH is 1. The van der Waals surface area contributed by atoms with Gasteiger partial charge in [-0.2, -0.15) is 0 Å². The van der Waals surface area contributed by atoms with Gasteiger partial charge in [-0.15, -0.1) is 12.4 Å². The molecular formula is C16H19ClN2O2. The molecule has 0 radical (unpaired) electrons. The van der Waals surface area contributed by atoms with Crippen LogP contribution < -0.4 is 11.5 Å². The summed E-state index contributed by atoms with van der Waals surface area (Å²) in [7, 11) is 0. The van der Waals surface area contributed by atoms with Crippen LogP contribution in [0.4, 0.5) is 5.69 Å². The first kappa shape index (κ1) is 17.2. The number of aliphatic hydroxyl groups is 1. The van der Waals surface area contributed by atoms with Crippen LogP contribution in [0.2, 0.25) is 0 Å². The number of carbonyl (C=O) groups excluding carboxylic acids is 1. The van der Waals surface area contributed by atoms with Crippen LogP contribution in [0.5, 0.6) is 0 Å². The molecule has 0 fully saturated rings. The number of ketones is 1. The van der Waals surface area contributed by atoms with Crippen LogP contribution in [0.15, 0.2) is 48.5 Å². The van der Waals surface area contributed by atoms with Gasteiger partial charge < -0.3 is 16.6 Å². The fourth-order valence-electron chi connectivity index (χ4n) is 2.20. The SMILES string of the molecule is Cl.Nc1cccc(CO)c1C(=O)C(N)Cc1ccccc1. The van der Waals surface area contributed by atoms with Crippen LogP contribution in [0.3, 0.4) is 0 Å². The Morgan fingerprint density at radius 3 is 2.38 bits per heavy atom. The molecule has 4 nitrogen and oxygen atoms in total. The minimum absolute atomic E-state index is 0. The Bertz CT molecular complexity index is 602. The van der Waals surface area contributed by atoms with Crippen molar-refractivity contribution in [3.8, 4) is 0 Å². The number of Topliss-reactive ketones (excluding diaryl/α,β-unsaturated/α-hetero) is 1. The second kappa shape index (κ2) is 7.78. The van der Waals surface area contributed by atoms with E-state index in [0.717, 1.165) is 5.56 Å². The zero-order valence-corrected chi connectivity index (χ0v) is 12.3. The molecular weight excluding hydrogens is 288 g/mol. The zero-order valence-electron chi connectivity index (χ0n) is 11.5. The fourth-order valence-corrected chi connectivity index (χ4v) is 2.20. The summed E-state index contributed by atoms with van der Waals surface area (Å²) in [4.78, 5) is 12.4. The van der Waals surface area contributed by atoms with Crippen molar-refractivity contribution in [1.82, 2.24) is 0 Å². The highest BCUT2D eigenvalue weighted by Crippen LogP contribution is 2.20. The van der Waals surface area contributed by atoms with Crippen molar-refractivity contribution in [3.05, 3.63) is 65.2 Å². The summed E-state index contributed by atoms with van der Waals surface area (Å²) in [5, 5.41) is 9.31. The highest BCUT2D eigenvalue weighted by Gasteiger charge is 2.21. The van der Waals surface area contributed by atoms with Gasteiger partial charge in [-0.1, -0.05) is 42.5 Å². The molecule has 1 unspecified atom stereocenters. The van der Waals surface area contributed by atoms with E-state index in [0.29, 0.717) is 23.2 Å². The van der Waals surface area contributed by atoms with Gasteiger partial charge in [-0.3, -0.25) is 4.79 Å². The van der Waals surface area contributed by atoms with Crippen LogP contribution >= 0.6 is 12.4 Å². The maximum Gasteiger partial charge on any atom is 0.182 e. The van der Waals surface area contributed by atoms with Crippen molar-refractivity contribution >= 4 is 23.9 Å². The molecule has 0 aliphatic heterocycles. The number of nitrogen functional groups attached to an aromatic ring is 1. The topological polar surface area (TPSA) is 89.3 Å². The summed E-state index contributed by atoms with van der Waals surface area (Å²) in [6, 6.07) is 13.9. The standard InChI is InChI=1S/C16H18N2O2.ClH/c17-13-8-4-7-12(10-19)15(13)16(20)14(18)9-11-5-2-1-3-6-11;/h1-8,14,19H,9-10,17-18H2;1H. The van der Waals surface area contributed by atoms with Gasteiger partial charge in [0.05, 0.1) is 12.6 Å². The minimum atomic E-state index is -0.674. The predicted molar refractivity (Wildman–Crippen MR) is 86.5 cm³/mol. The summed E-state index contributed by atoms with van der Waals surface area (Å²) < 4.78 is 0. The smallest absolute Gasteiger partial charge is 0.182 e. The molecule has 0 amide bonds. The third-order valence-electron chi connectivity index (χ3n) is 3.23. The van der Waals surface area contributed by atoms with Crippen LogP contribution in [-0.2, 0) is 13.0 Å². The van der Waals surface area contributed by atoms with Gasteiger partial charge in [0, 0.05) is 11.3 Å². The molecule has 0 spiro atoms. The number of carbonyl (C=O) groups is 1. The number of anilines is 1. The van der Waals surface area contributed by atoms with Gasteiger partial charge in [-0.25, -0.2) is 0 Å². The summed E-state index contributed by atoms with van der Waals surface area (Å²) in [5.41, 5.74) is 14.0. The molecule has 0 saturated heterocycles. The normalized spacial score (nSPS) is 11.5. The van der Waals surface area contributed by atoms with Crippen molar-refractivity contribution in [3.63, 3.8) is 0 Å². The molecule has 112 valence electrons. The maximum absolute atomic E-state index is 12.4. The van der Waals surface area contributed by atoms with Gasteiger partial charge in [0.1, 0.15) is 0 Å². The molecule has 0 heterocycles. The van der Waals surface area contributed by atoms with E-state index in [4.69, 9.17) is 11.5 Å². The van der Waals surface area contributed by atoms with E-state index >= 15 is 0 Å². The fraction of sp³-hybridized carbons (Fsp3) is 0.188. The molecule has 2 aromatic carbocycles. The van der Waals surface area contributed by atoms with E-state index in [-0.39, 0.29) is 24.8 Å². The van der Waals surface area contributed by atoms with Gasteiger partial charge in [0.2, 0.25) is 0 Å². The van der Waals surface area contributed by atoms with E-state index in [9.17, 15) is 9.90 Å². The molecule has 0 aliphatic rings. The van der Waals surface area contributed by atoms with Crippen LogP contribution in [0, 0.1) is 0 Å². The third-order valence-corrected chi connectivity index (χ3v) is 3.23. The van der Waals surface area contributed by atoms with E-state index in [1.165, 1.54) is 0 Å². The average molecular weight is 307 g/mol. The molecule has 2 rings (SSSR count). The number of halogens is 1. The number of nitrogens with two attached hydrogens (primary N) is 2. The zero-order chi connectivity index (χ0) is 14.5. The number of hydrogen-bond acceptors (Lipinski definition) is 4. The third kappa shape index (κ3) is 4.04. The Kier molecular flexibility index (Phi) is 6.37. The van der Waals surface area contributed by atoms with Crippen LogP contribution in [-0.4, -0.2) is 16.9 Å². The highest BCUT2D eigenvalue weighted by molar-refractivity contribution is 6.05. The van der Waals surface area contributed by atoms with Crippen molar-refractivity contribution < 1.29 is 9.90 Å². The van der Waals surface area contributed by atoms with Crippen molar-refractivity contribution in [2.75, 3.05) is 5.73 Å². The van der Waals surface area contributed by atoms with E-state index in [1.807, 2.05) is 30.3 Å². The predicted octanol–water partition coefficient (Wildman–Crippen LogP) is 1.94. The number of hydrogen-bond donors (Lipinski definition) is 3. The Labute approximate surface area is 130 Å². The molecule has 0 saturated carbocycles. The lowest BCUT2D eigenvalue weighted by Crippen LogP contribution is -2.34. The first-order valence-corrected chi connectivity index (χ1v) is 6.45. The Balaban J connectivity index is 0.00000220. The van der Waals surface area contributed by atoms with Crippen LogP contribution in [0.25, 0.3) is 0 Å². The van der Waals surface area contributed by atoms with Gasteiger partial charge in [0.25, 0.3) is 0 Å². The quantitative estimate of drug-likeness (QED) is 0.582. The second-order valence-electron chi connectivity index (χ2n) is 4.70. The highest BCUT2D eigenvalue weighted by atomic mass is 35.5. The summed E-state index contributed by atoms with van der Waals surface area (Å²) in [6.07, 6.45) is 0.443. The second-order valence-corrected chi connectivity index (χ2v) is 4.70. The molecule has 0 aliphatic carbocycles. The molecule has 0 bridgehead atoms. The first-order chi connectivity index (χ1) is 9.63. The van der Waals surface area contributed by atoms with E-state index in [1.54, 1.807) is 18.2 Å². The summed E-state index contributed by atoms with van der Waals surface area (Å²) in [5.74, 6) is -0.240. The monoisotopic (exact) mass is 306 g/mol. The maximum atomic E-state index is 12.4. The van der Waals surface area contributed by atoms with Crippen LogP contribution in [0.1, 0.15) is 21.5 Å². The summed E-state index contributed by atoms with van der Waals surface area (Å²) in [6.45, 7) is -0.232. The average Bonchev–Trinajstić information content (AvgIpc) is 2.47. The molecule has 2 aromatic rings. The van der Waals surface area contributed by atoms with E-state index < -0.39 is 6.04 Å². The Hall–Kier alpha value is -1.88. The number of rotatable bonds is 5. The molecule has 1 atom stereocenters. The minimum Gasteiger partial charge on any atom is -0.398 e. The lowest BCUT2D eigenvalue weighted by Gasteiger charge is -2.15. The molecule has 5 N–H and O–H groups in total. The first-order valence-electron chi connectivity index (χ1n) is 6.45. The van der Waals surface area contributed by atoms with E-state index in [2.05, 4.69) is 0 Å². The van der Waals surface area contributed by atoms with Crippen molar-refractivity contribution in [1.29, 1.82) is 0 Å². The largest absolute Gasteiger partial charge is 0.398 e.